The topological polar surface area (TPSA) is 48.3 Å². The highest BCUT2D eigenvalue weighted by Gasteiger charge is 2.14. The van der Waals surface area contributed by atoms with Gasteiger partial charge in [-0.25, -0.2) is 0 Å². The number of fused-ring (bicyclic) bond motifs is 1. The maximum atomic E-state index is 12.2. The van der Waals surface area contributed by atoms with Gasteiger partial charge in [0.05, 0.1) is 19.0 Å². The number of carbonyl (C=O) groups is 1. The zero-order chi connectivity index (χ0) is 13.3. The van der Waals surface area contributed by atoms with E-state index < -0.39 is 5.97 Å². The van der Waals surface area contributed by atoms with Crippen LogP contribution >= 0.6 is 0 Å². The molecule has 1 aromatic heterocycles. The molecule has 4 nitrogen and oxygen atoms in total. The van der Waals surface area contributed by atoms with Crippen LogP contribution < -0.4 is 5.56 Å². The first-order valence-corrected chi connectivity index (χ1v) is 5.70. The summed E-state index contributed by atoms with van der Waals surface area (Å²) in [6, 6.07) is 7.65. The Bertz CT molecular complexity index is 671. The number of para-hydroxylation sites is 1. The van der Waals surface area contributed by atoms with Crippen molar-refractivity contribution in [1.29, 1.82) is 0 Å². The highest BCUT2D eigenvalue weighted by Crippen LogP contribution is 2.18. The molecular weight excluding hydrogens is 230 g/mol. The largest absolute Gasteiger partial charge is 0.469 e. The van der Waals surface area contributed by atoms with E-state index in [1.54, 1.807) is 11.6 Å². The van der Waals surface area contributed by atoms with Crippen LogP contribution in [0.1, 0.15) is 11.1 Å². The molecule has 1 aromatic carbocycles. The fourth-order valence-corrected chi connectivity index (χ4v) is 2.14. The van der Waals surface area contributed by atoms with Crippen LogP contribution in [-0.2, 0) is 23.0 Å². The molecule has 0 atom stereocenters. The van der Waals surface area contributed by atoms with E-state index in [-0.39, 0.29) is 12.0 Å². The molecule has 0 saturated carbocycles. The Morgan fingerprint density at radius 2 is 2.00 bits per heavy atom. The van der Waals surface area contributed by atoms with E-state index >= 15 is 0 Å². The van der Waals surface area contributed by atoms with Crippen LogP contribution in [-0.4, -0.2) is 17.6 Å². The molecule has 0 N–H and O–H groups in total. The fraction of sp³-hybridized carbons (Fsp3) is 0.286. The number of hydrogen-bond donors (Lipinski definition) is 0. The summed E-state index contributed by atoms with van der Waals surface area (Å²) in [5.74, 6) is -0.398. The van der Waals surface area contributed by atoms with Gasteiger partial charge in [0, 0.05) is 18.0 Å². The number of aromatic nitrogens is 1. The molecule has 0 unspecified atom stereocenters. The summed E-state index contributed by atoms with van der Waals surface area (Å²) in [5, 5.41) is 0.985. The van der Waals surface area contributed by atoms with Crippen LogP contribution in [0, 0.1) is 6.92 Å². The van der Waals surface area contributed by atoms with E-state index in [0.717, 1.165) is 16.5 Å². The SMILES string of the molecule is COC(=O)Cc1c(C)c2ccccc2n(C)c1=O. The Balaban J connectivity index is 2.75. The molecule has 0 aliphatic heterocycles. The smallest absolute Gasteiger partial charge is 0.310 e. The number of methoxy groups -OCH3 is 1. The molecule has 2 rings (SSSR count). The Morgan fingerprint density at radius 3 is 2.67 bits per heavy atom. The van der Waals surface area contributed by atoms with Gasteiger partial charge in [-0.2, -0.15) is 0 Å². The maximum Gasteiger partial charge on any atom is 0.310 e. The first kappa shape index (κ1) is 12.4. The molecule has 94 valence electrons. The van der Waals surface area contributed by atoms with Crippen molar-refractivity contribution in [2.75, 3.05) is 7.11 Å². The third-order valence-corrected chi connectivity index (χ3v) is 3.23. The molecular formula is C14H15NO3. The molecule has 2 aromatic rings. The van der Waals surface area contributed by atoms with E-state index in [9.17, 15) is 9.59 Å². The van der Waals surface area contributed by atoms with E-state index in [4.69, 9.17) is 0 Å². The van der Waals surface area contributed by atoms with Crippen molar-refractivity contribution in [3.05, 3.63) is 45.7 Å². The van der Waals surface area contributed by atoms with Gasteiger partial charge in [-0.1, -0.05) is 18.2 Å². The Hall–Kier alpha value is -2.10. The van der Waals surface area contributed by atoms with Gasteiger partial charge in [0.1, 0.15) is 0 Å². The number of hydrogen-bond acceptors (Lipinski definition) is 3. The van der Waals surface area contributed by atoms with Crippen LogP contribution in [0.15, 0.2) is 29.1 Å². The van der Waals surface area contributed by atoms with Crippen LogP contribution in [0.4, 0.5) is 0 Å². The van der Waals surface area contributed by atoms with Crippen LogP contribution in [0.5, 0.6) is 0 Å². The molecule has 0 amide bonds. The molecule has 1 heterocycles. The van der Waals surface area contributed by atoms with E-state index in [2.05, 4.69) is 4.74 Å². The highest BCUT2D eigenvalue weighted by atomic mass is 16.5. The number of esters is 1. The average Bonchev–Trinajstić information content (AvgIpc) is 2.40. The van der Waals surface area contributed by atoms with Gasteiger partial charge in [0.15, 0.2) is 0 Å². The monoisotopic (exact) mass is 245 g/mol. The van der Waals surface area contributed by atoms with E-state index in [0.29, 0.717) is 5.56 Å². The fourth-order valence-electron chi connectivity index (χ4n) is 2.14. The van der Waals surface area contributed by atoms with Gasteiger partial charge in [-0.05, 0) is 18.6 Å². The summed E-state index contributed by atoms with van der Waals surface area (Å²) in [6.07, 6.45) is 0.0137. The van der Waals surface area contributed by atoms with Gasteiger partial charge < -0.3 is 9.30 Å². The molecule has 4 heteroatoms. The lowest BCUT2D eigenvalue weighted by Crippen LogP contribution is -2.25. The Labute approximate surface area is 105 Å². The minimum absolute atomic E-state index is 0.0137. The Kier molecular flexibility index (Phi) is 3.19. The summed E-state index contributed by atoms with van der Waals surface area (Å²) < 4.78 is 6.20. The lowest BCUT2D eigenvalue weighted by Gasteiger charge is -2.12. The summed E-state index contributed by atoms with van der Waals surface area (Å²) >= 11 is 0. The maximum absolute atomic E-state index is 12.2. The minimum Gasteiger partial charge on any atom is -0.469 e. The van der Waals surface area contributed by atoms with Crippen molar-refractivity contribution < 1.29 is 9.53 Å². The summed E-state index contributed by atoms with van der Waals surface area (Å²) in [7, 11) is 3.04. The lowest BCUT2D eigenvalue weighted by atomic mass is 10.0. The second kappa shape index (κ2) is 4.64. The predicted molar refractivity (Wildman–Crippen MR) is 69.6 cm³/mol. The summed E-state index contributed by atoms with van der Waals surface area (Å²) in [5.41, 5.74) is 2.08. The lowest BCUT2D eigenvalue weighted by molar-refractivity contribution is -0.139. The van der Waals surface area contributed by atoms with Crippen LogP contribution in [0.25, 0.3) is 10.9 Å². The van der Waals surface area contributed by atoms with Crippen molar-refractivity contribution in [2.24, 2.45) is 7.05 Å². The van der Waals surface area contributed by atoms with Crippen molar-refractivity contribution in [2.45, 2.75) is 13.3 Å². The third-order valence-electron chi connectivity index (χ3n) is 3.23. The zero-order valence-electron chi connectivity index (χ0n) is 10.7. The van der Waals surface area contributed by atoms with Crippen LogP contribution in [0.2, 0.25) is 0 Å². The number of carbonyl (C=O) groups excluding carboxylic acids is 1. The molecule has 0 aliphatic carbocycles. The van der Waals surface area contributed by atoms with Crippen molar-refractivity contribution in [1.82, 2.24) is 4.57 Å². The van der Waals surface area contributed by atoms with Gasteiger partial charge in [-0.3, -0.25) is 9.59 Å². The van der Waals surface area contributed by atoms with E-state index in [1.807, 2.05) is 31.2 Å². The summed E-state index contributed by atoms with van der Waals surface area (Å²) in [4.78, 5) is 23.6. The highest BCUT2D eigenvalue weighted by molar-refractivity contribution is 5.85. The van der Waals surface area contributed by atoms with Gasteiger partial charge in [0.2, 0.25) is 0 Å². The average molecular weight is 245 g/mol. The second-order valence-corrected chi connectivity index (χ2v) is 4.24. The first-order valence-electron chi connectivity index (χ1n) is 5.70. The molecule has 0 saturated heterocycles. The van der Waals surface area contributed by atoms with Gasteiger partial charge >= 0.3 is 5.97 Å². The molecule has 0 radical (unpaired) electrons. The number of aryl methyl sites for hydroxylation is 2. The van der Waals surface area contributed by atoms with Gasteiger partial charge in [-0.15, -0.1) is 0 Å². The summed E-state index contributed by atoms with van der Waals surface area (Å²) in [6.45, 7) is 1.86. The van der Waals surface area contributed by atoms with Crippen LogP contribution in [0.3, 0.4) is 0 Å². The molecule has 0 fully saturated rings. The molecule has 0 spiro atoms. The minimum atomic E-state index is -0.398. The first-order chi connectivity index (χ1) is 8.56. The second-order valence-electron chi connectivity index (χ2n) is 4.24. The number of rotatable bonds is 2. The van der Waals surface area contributed by atoms with Crippen molar-refractivity contribution in [3.8, 4) is 0 Å². The van der Waals surface area contributed by atoms with Crippen molar-refractivity contribution in [3.63, 3.8) is 0 Å². The van der Waals surface area contributed by atoms with E-state index in [1.165, 1.54) is 7.11 Å². The standard InChI is InChI=1S/C14H15NO3/c1-9-10-6-4-5-7-12(10)15(2)14(17)11(9)8-13(16)18-3/h4-7H,8H2,1-3H3. The number of benzene rings is 1. The normalized spacial score (nSPS) is 10.6. The third kappa shape index (κ3) is 1.90. The predicted octanol–water partition coefficient (Wildman–Crippen LogP) is 1.56. The number of pyridine rings is 1. The molecule has 0 aliphatic rings. The quantitative estimate of drug-likeness (QED) is 0.754. The van der Waals surface area contributed by atoms with Gasteiger partial charge in [0.25, 0.3) is 5.56 Å². The zero-order valence-corrected chi connectivity index (χ0v) is 10.7. The number of nitrogens with zero attached hydrogens (tertiary/aromatic N) is 1. The van der Waals surface area contributed by atoms with Crippen molar-refractivity contribution >= 4 is 16.9 Å². The molecule has 0 bridgehead atoms. The molecule has 18 heavy (non-hydrogen) atoms. The Morgan fingerprint density at radius 1 is 1.33 bits per heavy atom. The number of ether oxygens (including phenoxy) is 1.